The number of hydrogen-bond donors (Lipinski definition) is 1. The van der Waals surface area contributed by atoms with Crippen molar-refractivity contribution >= 4 is 0 Å². The fourth-order valence-electron chi connectivity index (χ4n) is 3.33. The van der Waals surface area contributed by atoms with Crippen LogP contribution in [0.3, 0.4) is 0 Å². The lowest BCUT2D eigenvalue weighted by atomic mass is 9.96. The summed E-state index contributed by atoms with van der Waals surface area (Å²) in [7, 11) is 0. The SMILES string of the molecule is CCCC1CNC(C(C)C)CN1Cc1cc(C)ccc1C. The summed E-state index contributed by atoms with van der Waals surface area (Å²) in [5.41, 5.74) is 4.30. The second-order valence-corrected chi connectivity index (χ2v) is 7.06. The summed E-state index contributed by atoms with van der Waals surface area (Å²) in [6, 6.07) is 8.16. The highest BCUT2D eigenvalue weighted by molar-refractivity contribution is 5.30. The van der Waals surface area contributed by atoms with Gasteiger partial charge in [0, 0.05) is 31.7 Å². The molecule has 1 fully saturated rings. The summed E-state index contributed by atoms with van der Waals surface area (Å²) < 4.78 is 0. The zero-order chi connectivity index (χ0) is 15.4. The van der Waals surface area contributed by atoms with Crippen LogP contribution in [-0.4, -0.2) is 30.1 Å². The lowest BCUT2D eigenvalue weighted by Gasteiger charge is -2.42. The van der Waals surface area contributed by atoms with Gasteiger partial charge in [0.15, 0.2) is 0 Å². The zero-order valence-electron chi connectivity index (χ0n) is 14.4. The van der Waals surface area contributed by atoms with Crippen molar-refractivity contribution in [2.24, 2.45) is 5.92 Å². The minimum Gasteiger partial charge on any atom is -0.311 e. The highest BCUT2D eigenvalue weighted by Crippen LogP contribution is 2.21. The van der Waals surface area contributed by atoms with E-state index in [1.165, 1.54) is 36.1 Å². The van der Waals surface area contributed by atoms with Gasteiger partial charge < -0.3 is 5.32 Å². The van der Waals surface area contributed by atoms with Crippen molar-refractivity contribution in [3.63, 3.8) is 0 Å². The molecule has 0 aromatic heterocycles. The maximum absolute atomic E-state index is 3.75. The van der Waals surface area contributed by atoms with Crippen molar-refractivity contribution in [1.82, 2.24) is 10.2 Å². The number of rotatable bonds is 5. The number of nitrogens with zero attached hydrogens (tertiary/aromatic N) is 1. The summed E-state index contributed by atoms with van der Waals surface area (Å²) >= 11 is 0. The van der Waals surface area contributed by atoms with Gasteiger partial charge in [0.2, 0.25) is 0 Å². The maximum Gasteiger partial charge on any atom is 0.0240 e. The molecule has 1 aromatic rings. The lowest BCUT2D eigenvalue weighted by Crippen LogP contribution is -2.57. The topological polar surface area (TPSA) is 15.3 Å². The molecule has 2 rings (SSSR count). The number of benzene rings is 1. The van der Waals surface area contributed by atoms with Crippen LogP contribution in [0.1, 0.15) is 50.3 Å². The van der Waals surface area contributed by atoms with Crippen LogP contribution in [-0.2, 0) is 6.54 Å². The summed E-state index contributed by atoms with van der Waals surface area (Å²) in [5.74, 6) is 0.702. The van der Waals surface area contributed by atoms with E-state index in [-0.39, 0.29) is 0 Å². The highest BCUT2D eigenvalue weighted by atomic mass is 15.2. The number of aryl methyl sites for hydroxylation is 2. The summed E-state index contributed by atoms with van der Waals surface area (Å²) in [5, 5.41) is 3.75. The van der Waals surface area contributed by atoms with Gasteiger partial charge in [0.25, 0.3) is 0 Å². The van der Waals surface area contributed by atoms with E-state index in [2.05, 4.69) is 63.0 Å². The average Bonchev–Trinajstić information content (AvgIpc) is 2.44. The van der Waals surface area contributed by atoms with Gasteiger partial charge in [-0.2, -0.15) is 0 Å². The average molecular weight is 288 g/mol. The lowest BCUT2D eigenvalue weighted by molar-refractivity contribution is 0.0995. The first kappa shape index (κ1) is 16.5. The fraction of sp³-hybridized carbons (Fsp3) is 0.684. The Morgan fingerprint density at radius 3 is 2.71 bits per heavy atom. The Balaban J connectivity index is 2.13. The van der Waals surface area contributed by atoms with Crippen LogP contribution in [0.15, 0.2) is 18.2 Å². The van der Waals surface area contributed by atoms with E-state index in [1.807, 2.05) is 0 Å². The standard InChI is InChI=1S/C19H32N2/c1-6-7-18-11-20-19(14(2)3)13-21(18)12-17-10-15(4)8-9-16(17)5/h8-10,14,18-20H,6-7,11-13H2,1-5H3. The quantitative estimate of drug-likeness (QED) is 0.884. The smallest absolute Gasteiger partial charge is 0.0240 e. The predicted molar refractivity (Wildman–Crippen MR) is 91.7 cm³/mol. The minimum atomic E-state index is 0.628. The molecule has 2 atom stereocenters. The maximum atomic E-state index is 3.75. The van der Waals surface area contributed by atoms with Crippen LogP contribution in [0.5, 0.6) is 0 Å². The van der Waals surface area contributed by atoms with E-state index in [0.29, 0.717) is 18.0 Å². The van der Waals surface area contributed by atoms with Crippen LogP contribution in [0, 0.1) is 19.8 Å². The molecule has 0 spiro atoms. The molecule has 2 nitrogen and oxygen atoms in total. The molecule has 1 aliphatic rings. The van der Waals surface area contributed by atoms with Crippen LogP contribution < -0.4 is 5.32 Å². The molecule has 1 saturated heterocycles. The number of piperazine rings is 1. The van der Waals surface area contributed by atoms with Crippen molar-refractivity contribution in [3.05, 3.63) is 34.9 Å². The van der Waals surface area contributed by atoms with Gasteiger partial charge in [-0.05, 0) is 37.3 Å². The summed E-state index contributed by atoms with van der Waals surface area (Å²) in [4.78, 5) is 2.71. The molecule has 21 heavy (non-hydrogen) atoms. The molecule has 0 radical (unpaired) electrons. The Bertz CT molecular complexity index is 453. The van der Waals surface area contributed by atoms with E-state index in [1.54, 1.807) is 0 Å². The molecule has 2 unspecified atom stereocenters. The van der Waals surface area contributed by atoms with Crippen LogP contribution in [0.4, 0.5) is 0 Å². The molecule has 1 aliphatic heterocycles. The normalized spacial score (nSPS) is 23.7. The van der Waals surface area contributed by atoms with Gasteiger partial charge in [-0.15, -0.1) is 0 Å². The molecule has 1 heterocycles. The fourth-order valence-corrected chi connectivity index (χ4v) is 3.33. The van der Waals surface area contributed by atoms with E-state index in [0.717, 1.165) is 13.1 Å². The Labute approximate surface area is 130 Å². The summed E-state index contributed by atoms with van der Waals surface area (Å²) in [6.45, 7) is 14.8. The van der Waals surface area contributed by atoms with E-state index in [4.69, 9.17) is 0 Å². The van der Waals surface area contributed by atoms with E-state index >= 15 is 0 Å². The first-order chi connectivity index (χ1) is 10.0. The molecule has 0 aliphatic carbocycles. The van der Waals surface area contributed by atoms with Crippen molar-refractivity contribution < 1.29 is 0 Å². The van der Waals surface area contributed by atoms with Crippen LogP contribution in [0.2, 0.25) is 0 Å². The van der Waals surface area contributed by atoms with Gasteiger partial charge in [0.05, 0.1) is 0 Å². The van der Waals surface area contributed by atoms with Crippen LogP contribution in [0.25, 0.3) is 0 Å². The van der Waals surface area contributed by atoms with E-state index < -0.39 is 0 Å². The van der Waals surface area contributed by atoms with Gasteiger partial charge in [0.1, 0.15) is 0 Å². The van der Waals surface area contributed by atoms with E-state index in [9.17, 15) is 0 Å². The van der Waals surface area contributed by atoms with Crippen molar-refractivity contribution in [2.45, 2.75) is 66.1 Å². The molecule has 1 aromatic carbocycles. The van der Waals surface area contributed by atoms with Gasteiger partial charge >= 0.3 is 0 Å². The monoisotopic (exact) mass is 288 g/mol. The molecule has 118 valence electrons. The first-order valence-electron chi connectivity index (χ1n) is 8.54. The second kappa shape index (κ2) is 7.42. The molecule has 0 amide bonds. The number of nitrogens with one attached hydrogen (secondary N) is 1. The van der Waals surface area contributed by atoms with Gasteiger partial charge in [-0.25, -0.2) is 0 Å². The molecule has 0 saturated carbocycles. The Kier molecular flexibility index (Phi) is 5.83. The Morgan fingerprint density at radius 2 is 2.05 bits per heavy atom. The van der Waals surface area contributed by atoms with Crippen molar-refractivity contribution in [1.29, 1.82) is 0 Å². The minimum absolute atomic E-state index is 0.628. The third-order valence-corrected chi connectivity index (χ3v) is 4.87. The second-order valence-electron chi connectivity index (χ2n) is 7.06. The van der Waals surface area contributed by atoms with Crippen LogP contribution >= 0.6 is 0 Å². The molecule has 1 N–H and O–H groups in total. The molecule has 2 heteroatoms. The zero-order valence-corrected chi connectivity index (χ0v) is 14.4. The third kappa shape index (κ3) is 4.31. The molecule has 0 bridgehead atoms. The largest absolute Gasteiger partial charge is 0.311 e. The van der Waals surface area contributed by atoms with Gasteiger partial charge in [-0.3, -0.25) is 4.90 Å². The molecular formula is C19H32N2. The Morgan fingerprint density at radius 1 is 1.29 bits per heavy atom. The third-order valence-electron chi connectivity index (χ3n) is 4.87. The Hall–Kier alpha value is -0.860. The summed E-state index contributed by atoms with van der Waals surface area (Å²) in [6.07, 6.45) is 2.56. The first-order valence-corrected chi connectivity index (χ1v) is 8.54. The van der Waals surface area contributed by atoms with Gasteiger partial charge in [-0.1, -0.05) is 51.0 Å². The predicted octanol–water partition coefficient (Wildman–Crippen LogP) is 3.90. The molecular weight excluding hydrogens is 256 g/mol. The highest BCUT2D eigenvalue weighted by Gasteiger charge is 2.28. The van der Waals surface area contributed by atoms with Crippen molar-refractivity contribution in [2.75, 3.05) is 13.1 Å². The number of hydrogen-bond acceptors (Lipinski definition) is 2. The van der Waals surface area contributed by atoms with Crippen molar-refractivity contribution in [3.8, 4) is 0 Å².